The Labute approximate surface area is 126 Å². The van der Waals surface area contributed by atoms with Crippen LogP contribution in [-0.2, 0) is 6.42 Å². The second-order valence-corrected chi connectivity index (χ2v) is 7.71. The lowest BCUT2D eigenvalue weighted by molar-refractivity contribution is 0.804. The van der Waals surface area contributed by atoms with Crippen LogP contribution in [0.4, 0.5) is 0 Å². The Morgan fingerprint density at radius 2 is 1.58 bits per heavy atom. The Kier molecular flexibility index (Phi) is 4.16. The first kappa shape index (κ1) is 13.1. The van der Waals surface area contributed by atoms with Gasteiger partial charge in [0.25, 0.3) is 0 Å². The molecule has 3 heteroatoms. The largest absolute Gasteiger partial charge is 0.143 e. The third-order valence-corrected chi connectivity index (χ3v) is 6.54. The van der Waals surface area contributed by atoms with Crippen LogP contribution in [0.15, 0.2) is 41.8 Å². The minimum absolute atomic E-state index is 1.23. The third-order valence-electron chi connectivity index (χ3n) is 3.05. The summed E-state index contributed by atoms with van der Waals surface area (Å²) in [7, 11) is 0. The quantitative estimate of drug-likeness (QED) is 0.501. The predicted octanol–water partition coefficient (Wildman–Crippen LogP) is 6.55. The lowest BCUT2D eigenvalue weighted by atomic mass is 10.2. The highest BCUT2D eigenvalue weighted by atomic mass is 32.1. The second kappa shape index (κ2) is 6.04. The minimum Gasteiger partial charge on any atom is -0.143 e. The van der Waals surface area contributed by atoms with E-state index in [0.29, 0.717) is 0 Å². The molecule has 0 amide bonds. The SMILES string of the molecule is CCCCc1ccc(-c2ccc(-c3cccs3)s2)s1. The number of hydrogen-bond donors (Lipinski definition) is 0. The van der Waals surface area contributed by atoms with Crippen molar-refractivity contribution in [2.75, 3.05) is 0 Å². The molecule has 0 N–H and O–H groups in total. The Morgan fingerprint density at radius 3 is 2.32 bits per heavy atom. The molecule has 0 bridgehead atoms. The van der Waals surface area contributed by atoms with Gasteiger partial charge in [0.15, 0.2) is 0 Å². The second-order valence-electron chi connectivity index (χ2n) is 4.51. The van der Waals surface area contributed by atoms with E-state index >= 15 is 0 Å². The zero-order valence-electron chi connectivity index (χ0n) is 10.9. The maximum absolute atomic E-state index is 2.29. The predicted molar refractivity (Wildman–Crippen MR) is 89.6 cm³/mol. The van der Waals surface area contributed by atoms with Crippen molar-refractivity contribution in [1.82, 2.24) is 0 Å². The average molecular weight is 305 g/mol. The summed E-state index contributed by atoms with van der Waals surface area (Å²) in [6.45, 7) is 2.25. The van der Waals surface area contributed by atoms with Crippen molar-refractivity contribution >= 4 is 34.0 Å². The van der Waals surface area contributed by atoms with Gasteiger partial charge < -0.3 is 0 Å². The van der Waals surface area contributed by atoms with Gasteiger partial charge >= 0.3 is 0 Å². The van der Waals surface area contributed by atoms with E-state index in [2.05, 4.69) is 48.7 Å². The zero-order chi connectivity index (χ0) is 13.1. The Bertz CT molecular complexity index is 629. The highest BCUT2D eigenvalue weighted by molar-refractivity contribution is 7.26. The van der Waals surface area contributed by atoms with Crippen LogP contribution in [0.25, 0.3) is 19.5 Å². The first-order valence-corrected chi connectivity index (χ1v) is 9.11. The molecular formula is C16H16S3. The molecule has 0 saturated carbocycles. The highest BCUT2D eigenvalue weighted by Crippen LogP contribution is 2.39. The van der Waals surface area contributed by atoms with Crippen molar-refractivity contribution in [3.63, 3.8) is 0 Å². The summed E-state index contributed by atoms with van der Waals surface area (Å²) in [5, 5.41) is 2.14. The molecule has 0 nitrogen and oxygen atoms in total. The van der Waals surface area contributed by atoms with Gasteiger partial charge in [-0.25, -0.2) is 0 Å². The molecule has 0 fully saturated rings. The Morgan fingerprint density at radius 1 is 0.842 bits per heavy atom. The first-order valence-electron chi connectivity index (χ1n) is 6.59. The van der Waals surface area contributed by atoms with Gasteiger partial charge in [0, 0.05) is 24.4 Å². The van der Waals surface area contributed by atoms with Crippen molar-refractivity contribution in [3.05, 3.63) is 46.7 Å². The molecular weight excluding hydrogens is 288 g/mol. The third kappa shape index (κ3) is 2.99. The summed E-state index contributed by atoms with van der Waals surface area (Å²) in [6, 6.07) is 13.4. The summed E-state index contributed by atoms with van der Waals surface area (Å²) in [5.41, 5.74) is 0. The van der Waals surface area contributed by atoms with E-state index in [-0.39, 0.29) is 0 Å². The Hall–Kier alpha value is -0.900. The van der Waals surface area contributed by atoms with Crippen LogP contribution >= 0.6 is 34.0 Å². The molecule has 0 aliphatic rings. The smallest absolute Gasteiger partial charge is 0.0449 e. The molecule has 0 atom stereocenters. The highest BCUT2D eigenvalue weighted by Gasteiger charge is 2.08. The topological polar surface area (TPSA) is 0 Å². The molecule has 0 aromatic carbocycles. The van der Waals surface area contributed by atoms with Crippen molar-refractivity contribution in [3.8, 4) is 19.5 Å². The van der Waals surface area contributed by atoms with Gasteiger partial charge in [0.1, 0.15) is 0 Å². The van der Waals surface area contributed by atoms with E-state index in [1.807, 2.05) is 34.0 Å². The fourth-order valence-electron chi connectivity index (χ4n) is 2.02. The van der Waals surface area contributed by atoms with Crippen LogP contribution in [0, 0.1) is 0 Å². The molecule has 0 unspecified atom stereocenters. The first-order chi connectivity index (χ1) is 9.36. The zero-order valence-corrected chi connectivity index (χ0v) is 13.3. The monoisotopic (exact) mass is 304 g/mol. The number of unbranched alkanes of at least 4 members (excludes halogenated alkanes) is 1. The van der Waals surface area contributed by atoms with Gasteiger partial charge in [0.2, 0.25) is 0 Å². The number of hydrogen-bond acceptors (Lipinski definition) is 3. The van der Waals surface area contributed by atoms with Gasteiger partial charge in [-0.15, -0.1) is 34.0 Å². The summed E-state index contributed by atoms with van der Waals surface area (Å²) in [6.07, 6.45) is 3.80. The molecule has 3 rings (SSSR count). The molecule has 3 heterocycles. The minimum atomic E-state index is 1.23. The standard InChI is InChI=1S/C16H16S3/c1-2-3-5-12-7-8-15(18-12)16-10-9-14(19-16)13-6-4-11-17-13/h4,6-11H,2-3,5H2,1H3. The number of aryl methyl sites for hydroxylation is 1. The van der Waals surface area contributed by atoms with Gasteiger partial charge in [-0.05, 0) is 48.6 Å². The molecule has 19 heavy (non-hydrogen) atoms. The van der Waals surface area contributed by atoms with Gasteiger partial charge in [0.05, 0.1) is 0 Å². The maximum atomic E-state index is 2.29. The van der Waals surface area contributed by atoms with E-state index in [9.17, 15) is 0 Å². The molecule has 0 saturated heterocycles. The van der Waals surface area contributed by atoms with Gasteiger partial charge in [-0.3, -0.25) is 0 Å². The van der Waals surface area contributed by atoms with Crippen LogP contribution in [-0.4, -0.2) is 0 Å². The van der Waals surface area contributed by atoms with Gasteiger partial charge in [-0.2, -0.15) is 0 Å². The van der Waals surface area contributed by atoms with Crippen molar-refractivity contribution in [2.24, 2.45) is 0 Å². The molecule has 0 aliphatic carbocycles. The fraction of sp³-hybridized carbons (Fsp3) is 0.250. The number of rotatable bonds is 5. The summed E-state index contributed by atoms with van der Waals surface area (Å²) in [5.74, 6) is 0. The van der Waals surface area contributed by atoms with E-state index in [4.69, 9.17) is 0 Å². The maximum Gasteiger partial charge on any atom is 0.0449 e. The van der Waals surface area contributed by atoms with Crippen molar-refractivity contribution < 1.29 is 0 Å². The molecule has 0 spiro atoms. The lowest BCUT2D eigenvalue weighted by Gasteiger charge is -1.93. The van der Waals surface area contributed by atoms with Gasteiger partial charge in [-0.1, -0.05) is 19.4 Å². The normalized spacial score (nSPS) is 11.0. The van der Waals surface area contributed by atoms with Crippen LogP contribution in [0.5, 0.6) is 0 Å². The van der Waals surface area contributed by atoms with Crippen LogP contribution in [0.2, 0.25) is 0 Å². The van der Waals surface area contributed by atoms with E-state index in [1.165, 1.54) is 43.6 Å². The molecule has 0 radical (unpaired) electrons. The summed E-state index contributed by atoms with van der Waals surface area (Å²) in [4.78, 5) is 7.09. The molecule has 0 aliphatic heterocycles. The Balaban J connectivity index is 1.81. The van der Waals surface area contributed by atoms with Crippen LogP contribution < -0.4 is 0 Å². The summed E-state index contributed by atoms with van der Waals surface area (Å²) >= 11 is 5.67. The molecule has 3 aromatic rings. The average Bonchev–Trinajstić information content (AvgIpc) is 3.14. The van der Waals surface area contributed by atoms with Crippen LogP contribution in [0.1, 0.15) is 24.6 Å². The van der Waals surface area contributed by atoms with Crippen molar-refractivity contribution in [1.29, 1.82) is 0 Å². The van der Waals surface area contributed by atoms with E-state index in [1.54, 1.807) is 0 Å². The van der Waals surface area contributed by atoms with Crippen LogP contribution in [0.3, 0.4) is 0 Å². The molecule has 98 valence electrons. The fourth-order valence-corrected chi connectivity index (χ4v) is 5.00. The van der Waals surface area contributed by atoms with E-state index in [0.717, 1.165) is 0 Å². The molecule has 3 aromatic heterocycles. The summed E-state index contributed by atoms with van der Waals surface area (Å²) < 4.78 is 0. The lowest BCUT2D eigenvalue weighted by Crippen LogP contribution is -1.76. The van der Waals surface area contributed by atoms with Crippen molar-refractivity contribution in [2.45, 2.75) is 26.2 Å². The number of thiophene rings is 3. The van der Waals surface area contributed by atoms with E-state index < -0.39 is 0 Å².